The second kappa shape index (κ2) is 8.37. The summed E-state index contributed by atoms with van der Waals surface area (Å²) in [5, 5.41) is 3.25. The Morgan fingerprint density at radius 1 is 1.03 bits per heavy atom. The van der Waals surface area contributed by atoms with Gasteiger partial charge in [0, 0.05) is 22.5 Å². The van der Waals surface area contributed by atoms with Crippen molar-refractivity contribution in [3.8, 4) is 11.1 Å². The van der Waals surface area contributed by atoms with Crippen LogP contribution >= 0.6 is 11.6 Å². The van der Waals surface area contributed by atoms with Crippen LogP contribution < -0.4 is 11.1 Å². The molecule has 2 aliphatic carbocycles. The molecule has 2 bridgehead atoms. The smallest absolute Gasteiger partial charge is 0.295 e. The molecule has 0 aromatic heterocycles. The van der Waals surface area contributed by atoms with Gasteiger partial charge in [0.2, 0.25) is 0 Å². The molecular formula is C24H27ClF2N2O. The summed E-state index contributed by atoms with van der Waals surface area (Å²) in [6, 6.07) is 11.9. The number of rotatable bonds is 6. The zero-order chi connectivity index (χ0) is 21.5. The number of hydrogen-bond acceptors (Lipinski definition) is 3. The first-order valence-corrected chi connectivity index (χ1v) is 10.9. The maximum atomic E-state index is 15.4. The van der Waals surface area contributed by atoms with Crippen LogP contribution in [0, 0.1) is 17.8 Å². The van der Waals surface area contributed by atoms with Crippen molar-refractivity contribution in [2.45, 2.75) is 43.7 Å². The first-order chi connectivity index (χ1) is 14.3. The summed E-state index contributed by atoms with van der Waals surface area (Å²) in [6.07, 6.45) is 3.33. The van der Waals surface area contributed by atoms with Crippen molar-refractivity contribution in [3.05, 3.63) is 59.1 Å². The van der Waals surface area contributed by atoms with Crippen LogP contribution in [0.1, 0.15) is 31.2 Å². The van der Waals surface area contributed by atoms with E-state index in [-0.39, 0.29) is 35.1 Å². The van der Waals surface area contributed by atoms with Gasteiger partial charge >= 0.3 is 0 Å². The Morgan fingerprint density at radius 3 is 2.03 bits per heavy atom. The van der Waals surface area contributed by atoms with E-state index in [2.05, 4.69) is 5.32 Å². The molecule has 2 fully saturated rings. The van der Waals surface area contributed by atoms with Gasteiger partial charge in [0.25, 0.3) is 5.92 Å². The van der Waals surface area contributed by atoms with E-state index in [1.54, 1.807) is 24.3 Å². The Morgan fingerprint density at radius 2 is 1.53 bits per heavy atom. The van der Waals surface area contributed by atoms with Gasteiger partial charge in [-0.15, -0.1) is 0 Å². The van der Waals surface area contributed by atoms with Gasteiger partial charge in [-0.05, 0) is 67.8 Å². The Labute approximate surface area is 181 Å². The Balaban J connectivity index is 1.56. The molecule has 0 aliphatic heterocycles. The second-order valence-corrected chi connectivity index (χ2v) is 9.12. The highest BCUT2D eigenvalue weighted by Crippen LogP contribution is 2.48. The maximum Gasteiger partial charge on any atom is 0.295 e. The molecule has 0 saturated heterocycles. The van der Waals surface area contributed by atoms with Crippen molar-refractivity contribution in [2.24, 2.45) is 23.5 Å². The van der Waals surface area contributed by atoms with E-state index in [4.69, 9.17) is 17.3 Å². The molecule has 0 amide bonds. The first kappa shape index (κ1) is 21.4. The molecule has 2 aliphatic rings. The SMILES string of the molecule is CN[C@@H](C(=O)C1C2CCC1CC(N)C2)C(F)(F)c1ccc(-c2ccc(Cl)cc2)cc1. The predicted molar refractivity (Wildman–Crippen MR) is 116 cm³/mol. The number of fused-ring (bicyclic) bond motifs is 2. The van der Waals surface area contributed by atoms with E-state index in [1.165, 1.54) is 19.2 Å². The molecule has 4 rings (SSSR count). The van der Waals surface area contributed by atoms with Gasteiger partial charge in [0.15, 0.2) is 5.78 Å². The number of carbonyl (C=O) groups is 1. The maximum absolute atomic E-state index is 15.4. The number of nitrogens with two attached hydrogens (primary N) is 1. The Kier molecular flexibility index (Phi) is 5.97. The van der Waals surface area contributed by atoms with Crippen LogP contribution in [-0.4, -0.2) is 24.9 Å². The third-order valence-corrected chi connectivity index (χ3v) is 7.10. The normalized spacial score (nSPS) is 27.1. The number of nitrogens with one attached hydrogen (secondary N) is 1. The van der Waals surface area contributed by atoms with E-state index in [0.29, 0.717) is 5.02 Å². The Hall–Kier alpha value is -1.82. The lowest BCUT2D eigenvalue weighted by molar-refractivity contribution is -0.140. The van der Waals surface area contributed by atoms with E-state index in [1.807, 2.05) is 12.1 Å². The van der Waals surface area contributed by atoms with Crippen LogP contribution in [-0.2, 0) is 10.7 Å². The van der Waals surface area contributed by atoms with Crippen molar-refractivity contribution < 1.29 is 13.6 Å². The third-order valence-electron chi connectivity index (χ3n) is 6.85. The molecular weight excluding hydrogens is 406 g/mol. The van der Waals surface area contributed by atoms with Gasteiger partial charge in [0.1, 0.15) is 6.04 Å². The summed E-state index contributed by atoms with van der Waals surface area (Å²) in [7, 11) is 1.44. The number of ketones is 1. The van der Waals surface area contributed by atoms with Crippen LogP contribution in [0.3, 0.4) is 0 Å². The largest absolute Gasteiger partial charge is 0.328 e. The molecule has 160 valence electrons. The topological polar surface area (TPSA) is 55.1 Å². The summed E-state index contributed by atoms with van der Waals surface area (Å²) in [5.41, 5.74) is 7.64. The number of likely N-dealkylation sites (N-methyl/N-ethyl adjacent to an activating group) is 1. The lowest BCUT2D eigenvalue weighted by atomic mass is 9.72. The molecule has 2 unspecified atom stereocenters. The molecule has 3 N–H and O–H groups in total. The van der Waals surface area contributed by atoms with Crippen LogP contribution in [0.5, 0.6) is 0 Å². The molecule has 2 saturated carbocycles. The molecule has 3 nitrogen and oxygen atoms in total. The van der Waals surface area contributed by atoms with Crippen molar-refractivity contribution in [1.82, 2.24) is 5.32 Å². The number of Topliss-reactive ketones (excluding diaryl/α,β-unsaturated/α-hetero) is 1. The van der Waals surface area contributed by atoms with Crippen LogP contribution in [0.25, 0.3) is 11.1 Å². The number of alkyl halides is 2. The zero-order valence-electron chi connectivity index (χ0n) is 17.0. The van der Waals surface area contributed by atoms with Gasteiger partial charge in [-0.3, -0.25) is 4.79 Å². The van der Waals surface area contributed by atoms with Crippen LogP contribution in [0.2, 0.25) is 5.02 Å². The minimum Gasteiger partial charge on any atom is -0.328 e. The highest BCUT2D eigenvalue weighted by atomic mass is 35.5. The fraction of sp³-hybridized carbons (Fsp3) is 0.458. The standard InChI is InChI=1S/C24H27ClF2N2O/c1-29-23(22(30)21-16-2-3-17(21)13-20(28)12-16)24(26,27)18-8-4-14(5-9-18)15-6-10-19(25)11-7-15/h4-11,16-17,20-21,23,29H,2-3,12-13,28H2,1H3/t16?,17?,20?,21?,23-/m0/s1. The molecule has 0 spiro atoms. The third kappa shape index (κ3) is 3.91. The van der Waals surface area contributed by atoms with Gasteiger partial charge in [-0.1, -0.05) is 48.0 Å². The van der Waals surface area contributed by atoms with Gasteiger partial charge in [-0.2, -0.15) is 8.78 Å². The molecule has 0 heterocycles. The first-order valence-electron chi connectivity index (χ1n) is 10.5. The summed E-state index contributed by atoms with van der Waals surface area (Å²) in [5.74, 6) is -3.73. The van der Waals surface area contributed by atoms with Gasteiger partial charge < -0.3 is 11.1 Å². The molecule has 2 aromatic carbocycles. The average Bonchev–Trinajstić information content (AvgIpc) is 3.00. The van der Waals surface area contributed by atoms with Gasteiger partial charge in [-0.25, -0.2) is 0 Å². The summed E-state index contributed by atoms with van der Waals surface area (Å²) >= 11 is 5.92. The number of hydrogen-bond donors (Lipinski definition) is 2. The number of carbonyl (C=O) groups excluding carboxylic acids is 1. The lowest BCUT2D eigenvalue weighted by Crippen LogP contribution is -2.52. The van der Waals surface area contributed by atoms with Gasteiger partial charge in [0.05, 0.1) is 0 Å². The van der Waals surface area contributed by atoms with Crippen molar-refractivity contribution in [2.75, 3.05) is 7.05 Å². The summed E-state index contributed by atoms with van der Waals surface area (Å²) < 4.78 is 30.9. The predicted octanol–water partition coefficient (Wildman–Crippen LogP) is 5.02. The van der Waals surface area contributed by atoms with Crippen LogP contribution in [0.4, 0.5) is 8.78 Å². The fourth-order valence-electron chi connectivity index (χ4n) is 5.43. The average molecular weight is 433 g/mol. The summed E-state index contributed by atoms with van der Waals surface area (Å²) in [4.78, 5) is 13.2. The minimum atomic E-state index is -3.30. The monoisotopic (exact) mass is 432 g/mol. The molecule has 6 heteroatoms. The van der Waals surface area contributed by atoms with Crippen LogP contribution in [0.15, 0.2) is 48.5 Å². The highest BCUT2D eigenvalue weighted by Gasteiger charge is 2.53. The van der Waals surface area contributed by atoms with E-state index in [9.17, 15) is 4.79 Å². The molecule has 0 radical (unpaired) electrons. The van der Waals surface area contributed by atoms with Crippen molar-refractivity contribution >= 4 is 17.4 Å². The summed E-state index contributed by atoms with van der Waals surface area (Å²) in [6.45, 7) is 0. The zero-order valence-corrected chi connectivity index (χ0v) is 17.7. The van der Waals surface area contributed by atoms with Crippen molar-refractivity contribution in [1.29, 1.82) is 0 Å². The second-order valence-electron chi connectivity index (χ2n) is 8.69. The van der Waals surface area contributed by atoms with Crippen molar-refractivity contribution in [3.63, 3.8) is 0 Å². The number of benzene rings is 2. The molecule has 30 heavy (non-hydrogen) atoms. The van der Waals surface area contributed by atoms with E-state index in [0.717, 1.165) is 36.8 Å². The molecule has 3 atom stereocenters. The lowest BCUT2D eigenvalue weighted by Gasteiger charge is -2.36. The number of halogens is 3. The van der Waals surface area contributed by atoms with E-state index < -0.39 is 12.0 Å². The Bertz CT molecular complexity index is 886. The van der Waals surface area contributed by atoms with E-state index >= 15 is 8.78 Å². The minimum absolute atomic E-state index is 0.0838. The quantitative estimate of drug-likeness (QED) is 0.673. The molecule has 2 aromatic rings. The fourth-order valence-corrected chi connectivity index (χ4v) is 5.55. The highest BCUT2D eigenvalue weighted by molar-refractivity contribution is 6.30.